The third-order valence-corrected chi connectivity index (χ3v) is 2.84. The summed E-state index contributed by atoms with van der Waals surface area (Å²) in [5.41, 5.74) is 1.14. The zero-order valence-corrected chi connectivity index (χ0v) is 11.4. The fraction of sp³-hybridized carbons (Fsp3) is 0.500. The molecule has 0 saturated heterocycles. The summed E-state index contributed by atoms with van der Waals surface area (Å²) < 4.78 is 6.24. The topological polar surface area (TPSA) is 33.3 Å². The molecule has 1 unspecified atom stereocenters. The Balaban J connectivity index is 2.09. The molecule has 3 nitrogen and oxygen atoms in total. The summed E-state index contributed by atoms with van der Waals surface area (Å²) in [4.78, 5) is 0. The maximum absolute atomic E-state index is 5.14. The minimum absolute atomic E-state index is 0.271. The van der Waals surface area contributed by atoms with E-state index in [2.05, 4.69) is 45.6 Å². The van der Waals surface area contributed by atoms with Gasteiger partial charge < -0.3 is 15.4 Å². The molecular weight excluding hydrogens is 268 g/mol. The van der Waals surface area contributed by atoms with E-state index in [0.29, 0.717) is 0 Å². The lowest BCUT2D eigenvalue weighted by Crippen LogP contribution is -2.30. The molecule has 1 atom stereocenters. The summed E-state index contributed by atoms with van der Waals surface area (Å²) in [5, 5.41) is 6.66. The number of hydrogen-bond donors (Lipinski definition) is 2. The molecule has 1 rings (SSSR count). The van der Waals surface area contributed by atoms with E-state index in [1.807, 2.05) is 12.1 Å². The molecule has 0 aromatic heterocycles. The van der Waals surface area contributed by atoms with Crippen LogP contribution in [0.25, 0.3) is 0 Å². The van der Waals surface area contributed by atoms with E-state index in [-0.39, 0.29) is 6.10 Å². The van der Waals surface area contributed by atoms with Gasteiger partial charge in [0.05, 0.1) is 6.10 Å². The predicted octanol–water partition coefficient (Wildman–Crippen LogP) is 2.49. The minimum Gasteiger partial charge on any atom is -0.384 e. The van der Waals surface area contributed by atoms with Gasteiger partial charge in [-0.25, -0.2) is 0 Å². The highest BCUT2D eigenvalue weighted by molar-refractivity contribution is 9.10. The van der Waals surface area contributed by atoms with Crippen molar-refractivity contribution >= 4 is 21.6 Å². The molecule has 1 aromatic rings. The van der Waals surface area contributed by atoms with Crippen LogP contribution in [0.5, 0.6) is 0 Å². The van der Waals surface area contributed by atoms with Crippen LogP contribution in [0.2, 0.25) is 0 Å². The maximum Gasteiger partial charge on any atom is 0.0667 e. The first-order valence-electron chi connectivity index (χ1n) is 5.45. The van der Waals surface area contributed by atoms with Gasteiger partial charge in [0.2, 0.25) is 0 Å². The molecule has 0 fully saturated rings. The van der Waals surface area contributed by atoms with Crippen molar-refractivity contribution in [1.82, 2.24) is 5.32 Å². The fourth-order valence-corrected chi connectivity index (χ4v) is 1.52. The van der Waals surface area contributed by atoms with Gasteiger partial charge in [0.15, 0.2) is 0 Å². The molecule has 4 heteroatoms. The molecule has 0 radical (unpaired) electrons. The number of ether oxygens (including phenoxy) is 1. The van der Waals surface area contributed by atoms with E-state index in [9.17, 15) is 0 Å². The van der Waals surface area contributed by atoms with Gasteiger partial charge in [0.25, 0.3) is 0 Å². The van der Waals surface area contributed by atoms with Crippen molar-refractivity contribution in [3.8, 4) is 0 Å². The highest BCUT2D eigenvalue weighted by Gasteiger charge is 1.97. The van der Waals surface area contributed by atoms with Gasteiger partial charge in [-0.05, 0) is 31.2 Å². The van der Waals surface area contributed by atoms with Crippen LogP contribution in [-0.2, 0) is 4.74 Å². The number of hydrogen-bond acceptors (Lipinski definition) is 3. The molecule has 0 aliphatic heterocycles. The van der Waals surface area contributed by atoms with Crippen LogP contribution in [0.1, 0.15) is 6.92 Å². The Morgan fingerprint density at radius 3 is 2.56 bits per heavy atom. The molecule has 0 heterocycles. The second-order valence-corrected chi connectivity index (χ2v) is 4.60. The Morgan fingerprint density at radius 1 is 1.25 bits per heavy atom. The van der Waals surface area contributed by atoms with Crippen LogP contribution in [-0.4, -0.2) is 32.8 Å². The van der Waals surface area contributed by atoms with Crippen molar-refractivity contribution in [1.29, 1.82) is 0 Å². The molecule has 0 saturated carbocycles. The van der Waals surface area contributed by atoms with Crippen molar-refractivity contribution < 1.29 is 4.74 Å². The van der Waals surface area contributed by atoms with Crippen LogP contribution >= 0.6 is 15.9 Å². The minimum atomic E-state index is 0.271. The van der Waals surface area contributed by atoms with Gasteiger partial charge in [-0.1, -0.05) is 15.9 Å². The number of rotatable bonds is 7. The van der Waals surface area contributed by atoms with Gasteiger partial charge in [0, 0.05) is 36.9 Å². The molecule has 0 aliphatic rings. The average Bonchev–Trinajstić information content (AvgIpc) is 2.31. The van der Waals surface area contributed by atoms with Gasteiger partial charge in [-0.2, -0.15) is 0 Å². The Morgan fingerprint density at radius 2 is 1.94 bits per heavy atom. The Bertz CT molecular complexity index is 290. The van der Waals surface area contributed by atoms with E-state index in [1.165, 1.54) is 0 Å². The number of nitrogens with one attached hydrogen (secondary N) is 2. The van der Waals surface area contributed by atoms with Crippen LogP contribution in [0, 0.1) is 0 Å². The first kappa shape index (κ1) is 13.5. The van der Waals surface area contributed by atoms with Crippen molar-refractivity contribution in [3.63, 3.8) is 0 Å². The van der Waals surface area contributed by atoms with Crippen LogP contribution < -0.4 is 10.6 Å². The molecule has 2 N–H and O–H groups in total. The molecule has 0 spiro atoms. The first-order valence-corrected chi connectivity index (χ1v) is 6.24. The number of benzene rings is 1. The second kappa shape index (κ2) is 7.65. The summed E-state index contributed by atoms with van der Waals surface area (Å²) in [5.74, 6) is 0. The SMILES string of the molecule is COC(C)CNCCNc1ccc(Br)cc1. The van der Waals surface area contributed by atoms with E-state index in [4.69, 9.17) is 4.74 Å². The third-order valence-electron chi connectivity index (χ3n) is 2.31. The van der Waals surface area contributed by atoms with Crippen LogP contribution in [0.4, 0.5) is 5.69 Å². The van der Waals surface area contributed by atoms with Crippen molar-refractivity contribution in [2.24, 2.45) is 0 Å². The molecule has 90 valence electrons. The van der Waals surface area contributed by atoms with E-state index >= 15 is 0 Å². The largest absolute Gasteiger partial charge is 0.384 e. The van der Waals surface area contributed by atoms with Gasteiger partial charge >= 0.3 is 0 Å². The molecular formula is C12H19BrN2O. The zero-order chi connectivity index (χ0) is 11.8. The lowest BCUT2D eigenvalue weighted by Gasteiger charge is -2.11. The third kappa shape index (κ3) is 5.49. The quantitative estimate of drug-likeness (QED) is 0.756. The lowest BCUT2D eigenvalue weighted by molar-refractivity contribution is 0.117. The normalized spacial score (nSPS) is 12.4. The summed E-state index contributed by atoms with van der Waals surface area (Å²) in [6.45, 7) is 4.79. The summed E-state index contributed by atoms with van der Waals surface area (Å²) in [7, 11) is 1.73. The van der Waals surface area contributed by atoms with Gasteiger partial charge in [-0.3, -0.25) is 0 Å². The number of halogens is 1. The Labute approximate surface area is 106 Å². The second-order valence-electron chi connectivity index (χ2n) is 3.68. The van der Waals surface area contributed by atoms with Crippen molar-refractivity contribution in [2.75, 3.05) is 32.1 Å². The molecule has 0 bridgehead atoms. The van der Waals surface area contributed by atoms with Crippen LogP contribution in [0.3, 0.4) is 0 Å². The first-order chi connectivity index (χ1) is 7.72. The summed E-state index contributed by atoms with van der Waals surface area (Å²) >= 11 is 3.41. The van der Waals surface area contributed by atoms with Crippen molar-refractivity contribution in [2.45, 2.75) is 13.0 Å². The van der Waals surface area contributed by atoms with E-state index in [0.717, 1.165) is 29.8 Å². The summed E-state index contributed by atoms with van der Waals surface area (Å²) in [6.07, 6.45) is 0.271. The maximum atomic E-state index is 5.14. The van der Waals surface area contributed by atoms with Gasteiger partial charge in [-0.15, -0.1) is 0 Å². The predicted molar refractivity (Wildman–Crippen MR) is 72.0 cm³/mol. The lowest BCUT2D eigenvalue weighted by atomic mass is 10.3. The number of anilines is 1. The average molecular weight is 287 g/mol. The van der Waals surface area contributed by atoms with E-state index < -0.39 is 0 Å². The standard InChI is InChI=1S/C12H19BrN2O/c1-10(16-2)9-14-7-8-15-12-5-3-11(13)4-6-12/h3-6,10,14-15H,7-9H2,1-2H3. The Kier molecular flexibility index (Phi) is 6.45. The molecule has 0 amide bonds. The van der Waals surface area contributed by atoms with Crippen LogP contribution in [0.15, 0.2) is 28.7 Å². The fourth-order valence-electron chi connectivity index (χ4n) is 1.25. The zero-order valence-electron chi connectivity index (χ0n) is 9.79. The van der Waals surface area contributed by atoms with Crippen molar-refractivity contribution in [3.05, 3.63) is 28.7 Å². The molecule has 16 heavy (non-hydrogen) atoms. The molecule has 1 aromatic carbocycles. The monoisotopic (exact) mass is 286 g/mol. The van der Waals surface area contributed by atoms with Gasteiger partial charge in [0.1, 0.15) is 0 Å². The Hall–Kier alpha value is -0.580. The summed E-state index contributed by atoms with van der Waals surface area (Å²) in [6, 6.07) is 8.18. The molecule has 0 aliphatic carbocycles. The van der Waals surface area contributed by atoms with E-state index in [1.54, 1.807) is 7.11 Å². The highest BCUT2D eigenvalue weighted by Crippen LogP contribution is 2.13. The highest BCUT2D eigenvalue weighted by atomic mass is 79.9. The smallest absolute Gasteiger partial charge is 0.0667 e. The number of methoxy groups -OCH3 is 1.